The number of amides is 1. The van der Waals surface area contributed by atoms with Crippen LogP contribution in [0.5, 0.6) is 17.2 Å². The van der Waals surface area contributed by atoms with Gasteiger partial charge in [-0.1, -0.05) is 17.7 Å². The number of carbonyl (C=O) groups excluding carboxylic acids is 1. The lowest BCUT2D eigenvalue weighted by molar-refractivity contribution is 0.0943. The van der Waals surface area contributed by atoms with E-state index < -0.39 is 0 Å². The molecule has 9 heteroatoms. The van der Waals surface area contributed by atoms with E-state index in [1.54, 1.807) is 52.5 Å². The number of carbonyl (C=O) groups is 1. The van der Waals surface area contributed by atoms with Crippen molar-refractivity contribution in [3.63, 3.8) is 0 Å². The average molecular weight is 467 g/mol. The zero-order valence-corrected chi connectivity index (χ0v) is 19.9. The van der Waals surface area contributed by atoms with Gasteiger partial charge in [-0.2, -0.15) is 0 Å². The predicted octanol–water partition coefficient (Wildman–Crippen LogP) is 4.02. The van der Waals surface area contributed by atoms with Crippen molar-refractivity contribution < 1.29 is 19.0 Å². The van der Waals surface area contributed by atoms with Crippen molar-refractivity contribution in [2.45, 2.75) is 13.8 Å². The molecule has 1 amide bonds. The van der Waals surface area contributed by atoms with Crippen molar-refractivity contribution in [2.75, 3.05) is 26.6 Å². The van der Waals surface area contributed by atoms with E-state index in [1.807, 2.05) is 31.2 Å². The lowest BCUT2D eigenvalue weighted by Crippen LogP contribution is -2.44. The van der Waals surface area contributed by atoms with Gasteiger partial charge in [-0.25, -0.2) is 0 Å². The minimum absolute atomic E-state index is 0.270. The maximum Gasteiger partial charge on any atom is 0.271 e. The number of thiocarbonyl (C=S) groups is 1. The maximum absolute atomic E-state index is 12.6. The van der Waals surface area contributed by atoms with E-state index in [1.165, 1.54) is 0 Å². The number of aryl methyl sites for hydroxylation is 2. The third kappa shape index (κ3) is 5.69. The Morgan fingerprint density at radius 1 is 0.879 bits per heavy atom. The highest BCUT2D eigenvalue weighted by molar-refractivity contribution is 7.80. The van der Waals surface area contributed by atoms with Gasteiger partial charge in [0.05, 0.1) is 38.3 Å². The van der Waals surface area contributed by atoms with E-state index in [4.69, 9.17) is 26.4 Å². The Kier molecular flexibility index (Phi) is 7.68. The summed E-state index contributed by atoms with van der Waals surface area (Å²) in [6.45, 7) is 3.77. The molecule has 0 aliphatic rings. The molecule has 0 radical (unpaired) electrons. The third-order valence-corrected chi connectivity index (χ3v) is 5.09. The Balaban J connectivity index is 1.72. The molecule has 0 aliphatic heterocycles. The van der Waals surface area contributed by atoms with Gasteiger partial charge < -0.3 is 19.5 Å². The van der Waals surface area contributed by atoms with Crippen LogP contribution in [0.1, 0.15) is 21.6 Å². The summed E-state index contributed by atoms with van der Waals surface area (Å²) in [4.78, 5) is 17.2. The second-order valence-corrected chi connectivity index (χ2v) is 7.55. The zero-order valence-electron chi connectivity index (χ0n) is 19.1. The molecule has 3 aromatic rings. The van der Waals surface area contributed by atoms with E-state index in [9.17, 15) is 4.79 Å². The highest BCUT2D eigenvalue weighted by Gasteiger charge is 2.16. The average Bonchev–Trinajstić information content (AvgIpc) is 2.82. The Hall–Kier alpha value is -3.85. The number of nitrogens with zero attached hydrogens (tertiary/aromatic N) is 1. The van der Waals surface area contributed by atoms with Crippen LogP contribution >= 0.6 is 12.2 Å². The summed E-state index contributed by atoms with van der Waals surface area (Å²) in [6.07, 6.45) is 0. The molecular weight excluding hydrogens is 440 g/mol. The number of hydrogen-bond donors (Lipinski definition) is 3. The molecule has 0 fully saturated rings. The van der Waals surface area contributed by atoms with Crippen LogP contribution in [0.3, 0.4) is 0 Å². The number of rotatable bonds is 6. The lowest BCUT2D eigenvalue weighted by Gasteiger charge is -2.15. The van der Waals surface area contributed by atoms with Crippen LogP contribution in [0.15, 0.2) is 48.5 Å². The molecule has 0 unspecified atom stereocenters. The number of pyridine rings is 1. The highest BCUT2D eigenvalue weighted by atomic mass is 32.1. The standard InChI is InChI=1S/C24H26N4O4S/c1-14-6-8-17(9-7-14)26-24(33)28-27-23(29)18-10-11-19(25-15(18)2)16-12-20(30-3)22(32-5)21(13-16)31-4/h6-13H,1-5H3,(H,27,29)(H2,26,28,33). The molecule has 0 spiro atoms. The quantitative estimate of drug-likeness (QED) is 0.371. The minimum Gasteiger partial charge on any atom is -0.493 e. The van der Waals surface area contributed by atoms with Crippen molar-refractivity contribution >= 4 is 28.9 Å². The molecule has 0 saturated heterocycles. The molecule has 0 bridgehead atoms. The first kappa shape index (κ1) is 23.8. The normalized spacial score (nSPS) is 10.2. The first-order chi connectivity index (χ1) is 15.9. The molecule has 0 aliphatic carbocycles. The number of hydrogen-bond acceptors (Lipinski definition) is 6. The molecule has 8 nitrogen and oxygen atoms in total. The fraction of sp³-hybridized carbons (Fsp3) is 0.208. The number of anilines is 1. The van der Waals surface area contributed by atoms with Gasteiger partial charge >= 0.3 is 0 Å². The number of nitrogens with one attached hydrogen (secondary N) is 3. The fourth-order valence-corrected chi connectivity index (χ4v) is 3.34. The number of aromatic nitrogens is 1. The van der Waals surface area contributed by atoms with Gasteiger partial charge in [-0.15, -0.1) is 0 Å². The second kappa shape index (κ2) is 10.6. The maximum atomic E-state index is 12.6. The van der Waals surface area contributed by atoms with Crippen LogP contribution in [-0.4, -0.2) is 37.3 Å². The number of ether oxygens (including phenoxy) is 3. The van der Waals surface area contributed by atoms with Crippen LogP contribution < -0.4 is 30.4 Å². The summed E-state index contributed by atoms with van der Waals surface area (Å²) >= 11 is 5.24. The van der Waals surface area contributed by atoms with E-state index in [0.29, 0.717) is 34.2 Å². The molecular formula is C24H26N4O4S. The smallest absolute Gasteiger partial charge is 0.271 e. The first-order valence-electron chi connectivity index (χ1n) is 10.1. The topological polar surface area (TPSA) is 93.7 Å². The van der Waals surface area contributed by atoms with Gasteiger partial charge in [-0.05, 0) is 62.5 Å². The summed E-state index contributed by atoms with van der Waals surface area (Å²) in [5, 5.41) is 3.28. The molecule has 33 heavy (non-hydrogen) atoms. The van der Waals surface area contributed by atoms with Gasteiger partial charge in [-0.3, -0.25) is 20.6 Å². The molecule has 3 N–H and O–H groups in total. The Morgan fingerprint density at radius 2 is 1.52 bits per heavy atom. The van der Waals surface area contributed by atoms with Crippen molar-refractivity contribution in [3.05, 3.63) is 65.4 Å². The van der Waals surface area contributed by atoms with Gasteiger partial charge in [0.15, 0.2) is 16.6 Å². The van der Waals surface area contributed by atoms with Crippen LogP contribution in [0, 0.1) is 13.8 Å². The van der Waals surface area contributed by atoms with Crippen LogP contribution in [0.2, 0.25) is 0 Å². The molecule has 3 rings (SSSR count). The predicted molar refractivity (Wildman–Crippen MR) is 132 cm³/mol. The SMILES string of the molecule is COc1cc(-c2ccc(C(=O)NNC(=S)Nc3ccc(C)cc3)c(C)n2)cc(OC)c1OC. The summed E-state index contributed by atoms with van der Waals surface area (Å²) in [5.74, 6) is 1.18. The summed E-state index contributed by atoms with van der Waals surface area (Å²) in [6, 6.07) is 14.8. The molecule has 2 aromatic carbocycles. The summed E-state index contributed by atoms with van der Waals surface area (Å²) in [7, 11) is 4.66. The largest absolute Gasteiger partial charge is 0.493 e. The summed E-state index contributed by atoms with van der Waals surface area (Å²) in [5.41, 5.74) is 9.66. The third-order valence-electron chi connectivity index (χ3n) is 4.89. The van der Waals surface area contributed by atoms with Gasteiger partial charge in [0.1, 0.15) is 0 Å². The summed E-state index contributed by atoms with van der Waals surface area (Å²) < 4.78 is 16.2. The lowest BCUT2D eigenvalue weighted by atomic mass is 10.1. The van der Waals surface area contributed by atoms with Crippen LogP contribution in [-0.2, 0) is 0 Å². The van der Waals surface area contributed by atoms with Gasteiger partial charge in [0.2, 0.25) is 5.75 Å². The minimum atomic E-state index is -0.357. The molecule has 172 valence electrons. The van der Waals surface area contributed by atoms with Crippen molar-refractivity contribution in [1.82, 2.24) is 15.8 Å². The molecule has 0 saturated carbocycles. The monoisotopic (exact) mass is 466 g/mol. The Labute approximate surface area is 198 Å². The highest BCUT2D eigenvalue weighted by Crippen LogP contribution is 2.40. The van der Waals surface area contributed by atoms with E-state index in [-0.39, 0.29) is 11.0 Å². The number of hydrazine groups is 1. The molecule has 0 atom stereocenters. The fourth-order valence-electron chi connectivity index (χ4n) is 3.17. The van der Waals surface area contributed by atoms with Crippen molar-refractivity contribution in [1.29, 1.82) is 0 Å². The number of methoxy groups -OCH3 is 3. The van der Waals surface area contributed by atoms with Gasteiger partial charge in [0, 0.05) is 11.3 Å². The van der Waals surface area contributed by atoms with Crippen molar-refractivity contribution in [2.24, 2.45) is 0 Å². The molecule has 1 aromatic heterocycles. The van der Waals surface area contributed by atoms with Crippen LogP contribution in [0.4, 0.5) is 5.69 Å². The second-order valence-electron chi connectivity index (χ2n) is 7.14. The van der Waals surface area contributed by atoms with E-state index in [2.05, 4.69) is 21.2 Å². The van der Waals surface area contributed by atoms with Crippen molar-refractivity contribution in [3.8, 4) is 28.5 Å². The molecule has 1 heterocycles. The van der Waals surface area contributed by atoms with E-state index in [0.717, 1.165) is 16.8 Å². The van der Waals surface area contributed by atoms with E-state index >= 15 is 0 Å². The Bertz CT molecular complexity index is 1140. The zero-order chi connectivity index (χ0) is 24.0. The Morgan fingerprint density at radius 3 is 2.06 bits per heavy atom. The number of benzene rings is 2. The van der Waals surface area contributed by atoms with Gasteiger partial charge in [0.25, 0.3) is 5.91 Å². The van der Waals surface area contributed by atoms with Crippen LogP contribution in [0.25, 0.3) is 11.3 Å². The first-order valence-corrected chi connectivity index (χ1v) is 10.5.